The predicted octanol–water partition coefficient (Wildman–Crippen LogP) is 4.63. The summed E-state index contributed by atoms with van der Waals surface area (Å²) in [4.78, 5) is 0. The maximum Gasteiger partial charge on any atom is 0.416 e. The smallest absolute Gasteiger partial charge is 0.416 e. The molecule has 0 aliphatic rings. The number of hydrogen-bond acceptors (Lipinski definition) is 2. The van der Waals surface area contributed by atoms with Gasteiger partial charge in [-0.25, -0.2) is 0 Å². The van der Waals surface area contributed by atoms with Gasteiger partial charge < -0.3 is 10.5 Å². The fourth-order valence-electron chi connectivity index (χ4n) is 1.67. The van der Waals surface area contributed by atoms with Crippen LogP contribution < -0.4 is 10.5 Å². The van der Waals surface area contributed by atoms with Gasteiger partial charge in [0.2, 0.25) is 0 Å². The normalized spacial score (nSPS) is 11.4. The Labute approximate surface area is 122 Å². The Kier molecular flexibility index (Phi) is 4.23. The zero-order chi connectivity index (χ0) is 14.8. The Bertz CT molecular complexity index is 576. The van der Waals surface area contributed by atoms with Crippen LogP contribution in [0.25, 0.3) is 0 Å². The maximum absolute atomic E-state index is 12.4. The number of ether oxygens (including phenoxy) is 1. The highest BCUT2D eigenvalue weighted by Gasteiger charge is 2.29. The largest absolute Gasteiger partial charge is 0.489 e. The molecule has 0 unspecified atom stereocenters. The van der Waals surface area contributed by atoms with Crippen LogP contribution in [0.5, 0.6) is 5.75 Å². The molecule has 0 saturated heterocycles. The molecular weight excluding hydrogens is 335 g/mol. The molecule has 0 aromatic heterocycles. The molecule has 0 aliphatic heterocycles. The third kappa shape index (κ3) is 3.90. The summed E-state index contributed by atoms with van der Waals surface area (Å²) in [5, 5.41) is 0. The van der Waals surface area contributed by atoms with Crippen molar-refractivity contribution in [1.82, 2.24) is 0 Å². The number of anilines is 1. The minimum Gasteiger partial charge on any atom is -0.489 e. The highest BCUT2D eigenvalue weighted by Crippen LogP contribution is 2.30. The van der Waals surface area contributed by atoms with Crippen LogP contribution in [0, 0.1) is 0 Å². The number of nitrogens with two attached hydrogens (primary N) is 1. The lowest BCUT2D eigenvalue weighted by atomic mass is 10.2. The van der Waals surface area contributed by atoms with Gasteiger partial charge in [0.15, 0.2) is 0 Å². The lowest BCUT2D eigenvalue weighted by molar-refractivity contribution is -0.137. The van der Waals surface area contributed by atoms with Crippen LogP contribution in [0.2, 0.25) is 0 Å². The number of benzene rings is 2. The van der Waals surface area contributed by atoms with E-state index in [9.17, 15) is 13.2 Å². The van der Waals surface area contributed by atoms with Crippen molar-refractivity contribution in [2.45, 2.75) is 12.8 Å². The predicted molar refractivity (Wildman–Crippen MR) is 74.3 cm³/mol. The number of halogens is 4. The Morgan fingerprint density at radius 2 is 1.70 bits per heavy atom. The molecule has 20 heavy (non-hydrogen) atoms. The summed E-state index contributed by atoms with van der Waals surface area (Å²) in [5.74, 6) is 0.372. The number of nitrogen functional groups attached to an aromatic ring is 1. The first-order valence-electron chi connectivity index (χ1n) is 5.69. The third-order valence-electron chi connectivity index (χ3n) is 2.57. The molecule has 0 atom stereocenters. The zero-order valence-electron chi connectivity index (χ0n) is 10.2. The second-order valence-corrected chi connectivity index (χ2v) is 5.12. The molecule has 2 nitrogen and oxygen atoms in total. The molecule has 0 spiro atoms. The summed E-state index contributed by atoms with van der Waals surface area (Å²) in [6, 6.07) is 9.90. The van der Waals surface area contributed by atoms with Crippen LogP contribution in [0.3, 0.4) is 0 Å². The average molecular weight is 346 g/mol. The van der Waals surface area contributed by atoms with Gasteiger partial charge in [-0.2, -0.15) is 13.2 Å². The number of alkyl halides is 3. The van der Waals surface area contributed by atoms with E-state index in [2.05, 4.69) is 15.9 Å². The first-order chi connectivity index (χ1) is 9.34. The van der Waals surface area contributed by atoms with Gasteiger partial charge >= 0.3 is 6.18 Å². The molecule has 0 bridgehead atoms. The van der Waals surface area contributed by atoms with Crippen LogP contribution in [0.4, 0.5) is 18.9 Å². The van der Waals surface area contributed by atoms with Gasteiger partial charge in [-0.3, -0.25) is 0 Å². The Morgan fingerprint density at radius 1 is 1.05 bits per heavy atom. The standard InChI is InChI=1S/C14H11BrF3NO/c15-11-5-9(6-12(19)7-11)8-20-13-3-1-10(2-4-13)14(16,17)18/h1-7H,8,19H2. The SMILES string of the molecule is Nc1cc(Br)cc(COc2ccc(C(F)(F)F)cc2)c1. The summed E-state index contributed by atoms with van der Waals surface area (Å²) < 4.78 is 43.4. The van der Waals surface area contributed by atoms with Crippen molar-refractivity contribution in [1.29, 1.82) is 0 Å². The molecule has 2 aromatic rings. The summed E-state index contributed by atoms with van der Waals surface area (Å²) in [6.07, 6.45) is -4.34. The van der Waals surface area contributed by atoms with Crippen LogP contribution >= 0.6 is 15.9 Å². The zero-order valence-corrected chi connectivity index (χ0v) is 11.8. The molecule has 0 amide bonds. The van der Waals surface area contributed by atoms with E-state index >= 15 is 0 Å². The van der Waals surface area contributed by atoms with Gasteiger partial charge in [0.05, 0.1) is 5.56 Å². The highest BCUT2D eigenvalue weighted by atomic mass is 79.9. The molecule has 6 heteroatoms. The van der Waals surface area contributed by atoms with Crippen LogP contribution in [0.15, 0.2) is 46.9 Å². The molecule has 2 aromatic carbocycles. The monoisotopic (exact) mass is 345 g/mol. The van der Waals surface area contributed by atoms with E-state index < -0.39 is 11.7 Å². The molecule has 0 fully saturated rings. The third-order valence-corrected chi connectivity index (χ3v) is 3.02. The Hall–Kier alpha value is -1.69. The first kappa shape index (κ1) is 14.7. The average Bonchev–Trinajstić information content (AvgIpc) is 2.35. The van der Waals surface area contributed by atoms with Crippen LogP contribution in [-0.2, 0) is 12.8 Å². The quantitative estimate of drug-likeness (QED) is 0.823. The minimum atomic E-state index is -4.34. The fourth-order valence-corrected chi connectivity index (χ4v) is 2.22. The van der Waals surface area contributed by atoms with E-state index in [0.717, 1.165) is 22.2 Å². The fraction of sp³-hybridized carbons (Fsp3) is 0.143. The van der Waals surface area contributed by atoms with Crippen molar-refractivity contribution in [3.63, 3.8) is 0 Å². The van der Waals surface area contributed by atoms with Crippen molar-refractivity contribution in [3.8, 4) is 5.75 Å². The van der Waals surface area contributed by atoms with Crippen molar-refractivity contribution < 1.29 is 17.9 Å². The van der Waals surface area contributed by atoms with E-state index in [-0.39, 0.29) is 6.61 Å². The summed E-state index contributed by atoms with van der Waals surface area (Å²) >= 11 is 3.31. The molecule has 2 N–H and O–H groups in total. The van der Waals surface area contributed by atoms with Gasteiger partial charge in [0, 0.05) is 10.2 Å². The summed E-state index contributed by atoms with van der Waals surface area (Å²) in [6.45, 7) is 0.231. The lowest BCUT2D eigenvalue weighted by Crippen LogP contribution is -2.04. The van der Waals surface area contributed by atoms with Crippen molar-refractivity contribution in [2.24, 2.45) is 0 Å². The molecule has 106 valence electrons. The molecular formula is C14H11BrF3NO. The second-order valence-electron chi connectivity index (χ2n) is 4.20. The lowest BCUT2D eigenvalue weighted by Gasteiger charge is -2.10. The van der Waals surface area contributed by atoms with Gasteiger partial charge in [-0.1, -0.05) is 15.9 Å². The van der Waals surface area contributed by atoms with E-state index in [1.54, 1.807) is 12.1 Å². The Balaban J connectivity index is 2.04. The molecule has 0 heterocycles. The Morgan fingerprint density at radius 3 is 2.25 bits per heavy atom. The highest BCUT2D eigenvalue weighted by molar-refractivity contribution is 9.10. The van der Waals surface area contributed by atoms with E-state index in [1.165, 1.54) is 12.1 Å². The first-order valence-corrected chi connectivity index (χ1v) is 6.49. The molecule has 0 radical (unpaired) electrons. The van der Waals surface area contributed by atoms with Crippen molar-refractivity contribution in [3.05, 3.63) is 58.1 Å². The molecule has 0 aliphatic carbocycles. The molecule has 2 rings (SSSR count). The molecule has 0 saturated carbocycles. The van der Waals surface area contributed by atoms with Gasteiger partial charge in [-0.15, -0.1) is 0 Å². The van der Waals surface area contributed by atoms with Crippen LogP contribution in [0.1, 0.15) is 11.1 Å². The van der Waals surface area contributed by atoms with Gasteiger partial charge in [0.25, 0.3) is 0 Å². The summed E-state index contributed by atoms with van der Waals surface area (Å²) in [5.41, 5.74) is 6.41. The topological polar surface area (TPSA) is 35.2 Å². The summed E-state index contributed by atoms with van der Waals surface area (Å²) in [7, 11) is 0. The van der Waals surface area contributed by atoms with Gasteiger partial charge in [0.1, 0.15) is 12.4 Å². The van der Waals surface area contributed by atoms with E-state index in [0.29, 0.717) is 11.4 Å². The maximum atomic E-state index is 12.4. The van der Waals surface area contributed by atoms with Crippen molar-refractivity contribution >= 4 is 21.6 Å². The number of hydrogen-bond donors (Lipinski definition) is 1. The number of rotatable bonds is 3. The van der Waals surface area contributed by atoms with Gasteiger partial charge in [-0.05, 0) is 48.0 Å². The second kappa shape index (κ2) is 5.75. The van der Waals surface area contributed by atoms with Crippen LogP contribution in [-0.4, -0.2) is 0 Å². The van der Waals surface area contributed by atoms with E-state index in [1.807, 2.05) is 6.07 Å². The van der Waals surface area contributed by atoms with Crippen molar-refractivity contribution in [2.75, 3.05) is 5.73 Å². The van der Waals surface area contributed by atoms with E-state index in [4.69, 9.17) is 10.5 Å². The minimum absolute atomic E-state index is 0.231.